The number of hydrogen-bond donors (Lipinski definition) is 0. The van der Waals surface area contributed by atoms with Gasteiger partial charge in [0, 0.05) is 21.2 Å². The molecular weight excluding hydrogens is 451 g/mol. The number of ether oxygens (including phenoxy) is 1. The second kappa shape index (κ2) is 8.47. The summed E-state index contributed by atoms with van der Waals surface area (Å²) in [6.07, 6.45) is -2.34. The molecule has 32 heavy (non-hydrogen) atoms. The fourth-order valence-electron chi connectivity index (χ4n) is 3.00. The van der Waals surface area contributed by atoms with Crippen LogP contribution in [0.4, 0.5) is 18.9 Å². The van der Waals surface area contributed by atoms with E-state index in [4.69, 9.17) is 4.74 Å². The van der Waals surface area contributed by atoms with E-state index < -0.39 is 27.6 Å². The maximum Gasteiger partial charge on any atom is 0.433 e. The number of nitrogens with zero attached hydrogens (tertiary/aromatic N) is 5. The molecule has 172 valence electrons. The van der Waals surface area contributed by atoms with E-state index in [1.807, 2.05) is 0 Å². The monoisotopic (exact) mass is 471 g/mol. The summed E-state index contributed by atoms with van der Waals surface area (Å²) in [5, 5.41) is 0. The van der Waals surface area contributed by atoms with Crippen molar-refractivity contribution in [2.75, 3.05) is 31.4 Å². The Morgan fingerprint density at radius 2 is 1.91 bits per heavy atom. The lowest BCUT2D eigenvalue weighted by molar-refractivity contribution is -0.141. The van der Waals surface area contributed by atoms with Crippen LogP contribution in [0.5, 0.6) is 0 Å². The zero-order chi connectivity index (χ0) is 23.8. The maximum atomic E-state index is 13.0. The molecule has 0 saturated carbocycles. The minimum atomic E-state index is -4.65. The molecule has 0 aliphatic rings. The van der Waals surface area contributed by atoms with Gasteiger partial charge in [-0.25, -0.2) is 23.4 Å². The number of aromatic nitrogens is 4. The number of carbonyl (C=O) groups is 1. The smallest absolute Gasteiger partial charge is 0.375 e. The van der Waals surface area contributed by atoms with Gasteiger partial charge in [-0.15, -0.1) is 0 Å². The summed E-state index contributed by atoms with van der Waals surface area (Å²) < 4.78 is 70.9. The first kappa shape index (κ1) is 23.6. The number of methoxy groups -OCH3 is 1. The Morgan fingerprint density at radius 3 is 2.50 bits per heavy atom. The van der Waals surface area contributed by atoms with E-state index in [0.29, 0.717) is 0 Å². The minimum absolute atomic E-state index is 0.0112. The molecule has 3 aromatic heterocycles. The third kappa shape index (κ3) is 4.30. The van der Waals surface area contributed by atoms with Gasteiger partial charge in [-0.1, -0.05) is 6.92 Å². The van der Waals surface area contributed by atoms with E-state index in [1.54, 1.807) is 0 Å². The maximum absolute atomic E-state index is 13.0. The summed E-state index contributed by atoms with van der Waals surface area (Å²) in [5.74, 6) is -0.633. The van der Waals surface area contributed by atoms with Gasteiger partial charge in [-0.2, -0.15) is 13.2 Å². The van der Waals surface area contributed by atoms with Crippen molar-refractivity contribution in [2.45, 2.75) is 18.0 Å². The van der Waals surface area contributed by atoms with Crippen molar-refractivity contribution in [3.63, 3.8) is 0 Å². The highest BCUT2D eigenvalue weighted by Crippen LogP contribution is 2.33. The lowest BCUT2D eigenvalue weighted by Gasteiger charge is -2.18. The Balaban J connectivity index is 2.22. The molecule has 0 spiro atoms. The van der Waals surface area contributed by atoms with Crippen molar-refractivity contribution in [1.29, 1.82) is 0 Å². The number of sulfone groups is 1. The molecule has 13 heteroatoms. The molecule has 0 atom stereocenters. The van der Waals surface area contributed by atoms with Crippen LogP contribution in [-0.4, -0.2) is 60.4 Å². The van der Waals surface area contributed by atoms with Crippen LogP contribution >= 0.6 is 0 Å². The van der Waals surface area contributed by atoms with Crippen LogP contribution in [0.25, 0.3) is 22.6 Å². The Bertz CT molecular complexity index is 1290. The fraction of sp³-hybridized carbons (Fsp3) is 0.368. The van der Waals surface area contributed by atoms with E-state index in [9.17, 15) is 26.4 Å². The highest BCUT2D eigenvalue weighted by atomic mass is 32.2. The molecule has 0 aromatic carbocycles. The predicted molar refractivity (Wildman–Crippen MR) is 110 cm³/mol. The van der Waals surface area contributed by atoms with Crippen molar-refractivity contribution in [3.8, 4) is 11.5 Å². The quantitative estimate of drug-likeness (QED) is 0.544. The van der Waals surface area contributed by atoms with Gasteiger partial charge in [-0.3, -0.25) is 4.79 Å². The first-order valence-electron chi connectivity index (χ1n) is 9.29. The number of amides is 1. The molecule has 0 unspecified atom stereocenters. The Hall–Kier alpha value is -3.06. The van der Waals surface area contributed by atoms with Gasteiger partial charge in [0.2, 0.25) is 0 Å². The highest BCUT2D eigenvalue weighted by Gasteiger charge is 2.33. The molecule has 0 aliphatic heterocycles. The molecular formula is C19H20F3N5O4S. The average Bonchev–Trinajstić information content (AvgIpc) is 3.08. The summed E-state index contributed by atoms with van der Waals surface area (Å²) in [6, 6.07) is 2.08. The van der Waals surface area contributed by atoms with Crippen LogP contribution in [0, 0.1) is 0 Å². The van der Waals surface area contributed by atoms with Crippen molar-refractivity contribution in [2.24, 2.45) is 7.05 Å². The second-order valence-electron chi connectivity index (χ2n) is 6.88. The van der Waals surface area contributed by atoms with Gasteiger partial charge in [0.25, 0.3) is 5.91 Å². The van der Waals surface area contributed by atoms with E-state index in [2.05, 4.69) is 15.0 Å². The molecule has 1 amide bonds. The number of anilines is 1. The Kier molecular flexibility index (Phi) is 6.24. The van der Waals surface area contributed by atoms with E-state index in [1.165, 1.54) is 49.9 Å². The predicted octanol–water partition coefficient (Wildman–Crippen LogP) is 2.45. The summed E-state index contributed by atoms with van der Waals surface area (Å²) in [5.41, 5.74) is -0.690. The SMILES string of the molecule is CCS(=O)(=O)c1cc(N(C)C(=O)COC)cnc1-c1nc2cc(C(F)(F)F)ncc2n1C. The zero-order valence-electron chi connectivity index (χ0n) is 17.6. The third-order valence-corrected chi connectivity index (χ3v) is 6.59. The molecule has 3 rings (SSSR count). The van der Waals surface area contributed by atoms with Crippen LogP contribution in [0.2, 0.25) is 0 Å². The number of likely N-dealkylation sites (N-methyl/N-ethyl adjacent to an activating group) is 1. The van der Waals surface area contributed by atoms with Gasteiger partial charge in [0.15, 0.2) is 15.7 Å². The largest absolute Gasteiger partial charge is 0.433 e. The van der Waals surface area contributed by atoms with Crippen LogP contribution < -0.4 is 4.90 Å². The molecule has 0 saturated heterocycles. The summed E-state index contributed by atoms with van der Waals surface area (Å²) in [6.45, 7) is 1.23. The van der Waals surface area contributed by atoms with Crippen LogP contribution in [-0.2, 0) is 32.6 Å². The minimum Gasteiger partial charge on any atom is -0.375 e. The van der Waals surface area contributed by atoms with E-state index in [-0.39, 0.29) is 45.5 Å². The van der Waals surface area contributed by atoms with Crippen molar-refractivity contribution >= 4 is 32.5 Å². The van der Waals surface area contributed by atoms with Gasteiger partial charge in [0.1, 0.15) is 18.0 Å². The fourth-order valence-corrected chi connectivity index (χ4v) is 4.05. The van der Waals surface area contributed by atoms with Gasteiger partial charge in [-0.05, 0) is 12.1 Å². The van der Waals surface area contributed by atoms with Gasteiger partial charge < -0.3 is 14.2 Å². The van der Waals surface area contributed by atoms with E-state index >= 15 is 0 Å². The second-order valence-corrected chi connectivity index (χ2v) is 9.13. The molecule has 3 heterocycles. The molecule has 0 aliphatic carbocycles. The van der Waals surface area contributed by atoms with Crippen molar-refractivity contribution < 1.29 is 31.1 Å². The number of fused-ring (bicyclic) bond motifs is 1. The number of pyridine rings is 2. The molecule has 0 radical (unpaired) electrons. The first-order chi connectivity index (χ1) is 14.9. The van der Waals surface area contributed by atoms with Gasteiger partial charge in [0.05, 0.1) is 39.8 Å². The lowest BCUT2D eigenvalue weighted by atomic mass is 10.3. The number of aryl methyl sites for hydroxylation is 1. The molecule has 0 N–H and O–H groups in total. The zero-order valence-corrected chi connectivity index (χ0v) is 18.5. The number of alkyl halides is 3. The molecule has 9 nitrogen and oxygen atoms in total. The van der Waals surface area contributed by atoms with Crippen LogP contribution in [0.3, 0.4) is 0 Å². The summed E-state index contributed by atoms with van der Waals surface area (Å²) >= 11 is 0. The topological polar surface area (TPSA) is 107 Å². The van der Waals surface area contributed by atoms with E-state index in [0.717, 1.165) is 12.3 Å². The molecule has 0 bridgehead atoms. The number of hydrogen-bond acceptors (Lipinski definition) is 7. The van der Waals surface area contributed by atoms with Gasteiger partial charge >= 0.3 is 6.18 Å². The highest BCUT2D eigenvalue weighted by molar-refractivity contribution is 7.91. The number of halogens is 3. The standard InChI is InChI=1S/C19H20F3N5O4S/c1-5-32(29,30)14-6-11(26(2)16(28)10-31-4)8-24-17(14)18-25-12-7-15(19(20,21)22)23-9-13(12)27(18)3/h6-9H,5,10H2,1-4H3. The Labute approximate surface area is 181 Å². The van der Waals surface area contributed by atoms with Crippen LogP contribution in [0.15, 0.2) is 29.4 Å². The number of carbonyl (C=O) groups excluding carboxylic acids is 1. The number of rotatable bonds is 6. The summed E-state index contributed by atoms with van der Waals surface area (Å²) in [4.78, 5) is 25.0. The summed E-state index contributed by atoms with van der Waals surface area (Å²) in [7, 11) is 0.479. The van der Waals surface area contributed by atoms with Crippen LogP contribution in [0.1, 0.15) is 12.6 Å². The third-order valence-electron chi connectivity index (χ3n) is 4.85. The first-order valence-corrected chi connectivity index (χ1v) is 10.9. The molecule has 0 fully saturated rings. The van der Waals surface area contributed by atoms with Crippen molar-refractivity contribution in [3.05, 3.63) is 30.2 Å². The number of imidazole rings is 1. The normalized spacial score (nSPS) is 12.3. The lowest BCUT2D eigenvalue weighted by Crippen LogP contribution is -2.30. The average molecular weight is 471 g/mol. The molecule has 3 aromatic rings. The Morgan fingerprint density at radius 1 is 1.22 bits per heavy atom. The van der Waals surface area contributed by atoms with Crippen molar-refractivity contribution in [1.82, 2.24) is 19.5 Å².